The Morgan fingerprint density at radius 1 is 0.591 bits per heavy atom. The number of rotatable bonds is 0. The standard InChI is InChI=1S/C17H26O5/c1-3-7-16(8-4-1)19-12-11-18-15-14(13(12)20-16)21-17(22-15)9-5-2-6-10-17/h12-15H,1-11H2/t12-,13+,14+,15+/m0/s1. The molecule has 5 nitrogen and oxygen atoms in total. The number of hydrogen-bond donors (Lipinski definition) is 0. The zero-order valence-electron chi connectivity index (χ0n) is 13.1. The Morgan fingerprint density at radius 2 is 1.18 bits per heavy atom. The molecule has 0 aromatic heterocycles. The van der Waals surface area contributed by atoms with Gasteiger partial charge in [0.05, 0.1) is 6.61 Å². The van der Waals surface area contributed by atoms with E-state index in [1.807, 2.05) is 0 Å². The van der Waals surface area contributed by atoms with E-state index in [1.54, 1.807) is 0 Å². The van der Waals surface area contributed by atoms with Crippen LogP contribution in [0.4, 0.5) is 0 Å². The third-order valence-corrected chi connectivity index (χ3v) is 6.01. The van der Waals surface area contributed by atoms with Crippen molar-refractivity contribution >= 4 is 0 Å². The zero-order chi connectivity index (χ0) is 14.6. The van der Waals surface area contributed by atoms with Crippen LogP contribution in [-0.2, 0) is 23.7 Å². The van der Waals surface area contributed by atoms with Gasteiger partial charge in [0.1, 0.15) is 18.3 Å². The number of fused-ring (bicyclic) bond motifs is 3. The maximum Gasteiger partial charge on any atom is 0.189 e. The first kappa shape index (κ1) is 14.2. The highest BCUT2D eigenvalue weighted by Gasteiger charge is 2.61. The Balaban J connectivity index is 1.35. The fraction of sp³-hybridized carbons (Fsp3) is 1.00. The molecule has 0 aromatic carbocycles. The molecule has 4 atom stereocenters. The minimum atomic E-state index is -0.422. The van der Waals surface area contributed by atoms with Crippen LogP contribution in [0.3, 0.4) is 0 Å². The van der Waals surface area contributed by atoms with Gasteiger partial charge in [-0.25, -0.2) is 0 Å². The Kier molecular flexibility index (Phi) is 3.32. The van der Waals surface area contributed by atoms with Crippen LogP contribution in [0.5, 0.6) is 0 Å². The van der Waals surface area contributed by atoms with Crippen LogP contribution in [0.15, 0.2) is 0 Å². The van der Waals surface area contributed by atoms with Gasteiger partial charge in [0.2, 0.25) is 0 Å². The predicted molar refractivity (Wildman–Crippen MR) is 77.1 cm³/mol. The molecule has 3 saturated heterocycles. The van der Waals surface area contributed by atoms with Gasteiger partial charge >= 0.3 is 0 Å². The normalized spacial score (nSPS) is 45.8. The molecular formula is C17H26O5. The second-order valence-electron chi connectivity index (χ2n) is 7.58. The zero-order valence-corrected chi connectivity index (χ0v) is 13.1. The molecule has 3 aliphatic heterocycles. The summed E-state index contributed by atoms with van der Waals surface area (Å²) in [5, 5.41) is 0. The summed E-state index contributed by atoms with van der Waals surface area (Å²) in [4.78, 5) is 0. The molecule has 5 heteroatoms. The lowest BCUT2D eigenvalue weighted by Gasteiger charge is -2.33. The highest BCUT2D eigenvalue weighted by atomic mass is 16.9. The van der Waals surface area contributed by atoms with E-state index in [1.165, 1.54) is 38.5 Å². The molecule has 0 bridgehead atoms. The van der Waals surface area contributed by atoms with Crippen molar-refractivity contribution in [3.05, 3.63) is 0 Å². The first-order valence-electron chi connectivity index (χ1n) is 9.11. The molecule has 0 aromatic rings. The molecule has 3 heterocycles. The lowest BCUT2D eigenvalue weighted by molar-refractivity contribution is -0.234. The van der Waals surface area contributed by atoms with E-state index in [9.17, 15) is 0 Å². The van der Waals surface area contributed by atoms with Gasteiger partial charge < -0.3 is 23.7 Å². The second-order valence-corrected chi connectivity index (χ2v) is 7.58. The first-order chi connectivity index (χ1) is 10.8. The van der Waals surface area contributed by atoms with Gasteiger partial charge in [-0.05, 0) is 25.7 Å². The molecular weight excluding hydrogens is 284 g/mol. The van der Waals surface area contributed by atoms with Crippen LogP contribution in [-0.4, -0.2) is 42.8 Å². The summed E-state index contributed by atoms with van der Waals surface area (Å²) in [5.74, 6) is -0.800. The van der Waals surface area contributed by atoms with Crippen LogP contribution in [0, 0.1) is 0 Å². The summed E-state index contributed by atoms with van der Waals surface area (Å²) < 4.78 is 31.2. The monoisotopic (exact) mass is 310 g/mol. The van der Waals surface area contributed by atoms with Crippen molar-refractivity contribution in [3.63, 3.8) is 0 Å². The Bertz CT molecular complexity index is 387. The van der Waals surface area contributed by atoms with E-state index in [0.29, 0.717) is 6.61 Å². The predicted octanol–water partition coefficient (Wildman–Crippen LogP) is 2.86. The van der Waals surface area contributed by atoms with Crippen molar-refractivity contribution in [2.24, 2.45) is 0 Å². The van der Waals surface area contributed by atoms with Gasteiger partial charge in [-0.3, -0.25) is 0 Å². The third kappa shape index (κ3) is 2.17. The van der Waals surface area contributed by atoms with E-state index in [4.69, 9.17) is 23.7 Å². The minimum Gasteiger partial charge on any atom is -0.347 e. The summed E-state index contributed by atoms with van der Waals surface area (Å²) in [6.07, 6.45) is 10.8. The summed E-state index contributed by atoms with van der Waals surface area (Å²) in [5.41, 5.74) is 0. The van der Waals surface area contributed by atoms with Gasteiger partial charge in [0.25, 0.3) is 0 Å². The Hall–Kier alpha value is -0.200. The molecule has 0 unspecified atom stereocenters. The highest BCUT2D eigenvalue weighted by molar-refractivity contribution is 4.99. The molecule has 2 saturated carbocycles. The smallest absolute Gasteiger partial charge is 0.189 e. The molecule has 5 rings (SSSR count). The molecule has 2 aliphatic carbocycles. The average molecular weight is 310 g/mol. The fourth-order valence-electron chi connectivity index (χ4n) is 4.90. The van der Waals surface area contributed by atoms with E-state index in [-0.39, 0.29) is 30.4 Å². The van der Waals surface area contributed by atoms with Crippen molar-refractivity contribution in [2.75, 3.05) is 6.61 Å². The van der Waals surface area contributed by atoms with Gasteiger partial charge in [0.15, 0.2) is 17.9 Å². The van der Waals surface area contributed by atoms with Crippen molar-refractivity contribution < 1.29 is 23.7 Å². The summed E-state index contributed by atoms with van der Waals surface area (Å²) in [7, 11) is 0. The summed E-state index contributed by atoms with van der Waals surface area (Å²) >= 11 is 0. The van der Waals surface area contributed by atoms with Crippen LogP contribution in [0.2, 0.25) is 0 Å². The topological polar surface area (TPSA) is 46.2 Å². The van der Waals surface area contributed by atoms with Crippen molar-refractivity contribution in [1.29, 1.82) is 0 Å². The van der Waals surface area contributed by atoms with Crippen LogP contribution < -0.4 is 0 Å². The molecule has 124 valence electrons. The molecule has 2 spiro atoms. The first-order valence-corrected chi connectivity index (χ1v) is 9.11. The summed E-state index contributed by atoms with van der Waals surface area (Å²) in [6.45, 7) is 0.563. The SMILES string of the molecule is C1CCC2(CC1)O[C@H]1OC[C@@H]3OC4(CCCCC4)O[C@H]3[C@H]1O2. The fourth-order valence-corrected chi connectivity index (χ4v) is 4.90. The van der Waals surface area contributed by atoms with Crippen LogP contribution in [0.25, 0.3) is 0 Å². The second kappa shape index (κ2) is 5.15. The number of hydrogen-bond acceptors (Lipinski definition) is 5. The van der Waals surface area contributed by atoms with Crippen LogP contribution in [0.1, 0.15) is 64.2 Å². The van der Waals surface area contributed by atoms with Crippen molar-refractivity contribution in [1.82, 2.24) is 0 Å². The van der Waals surface area contributed by atoms with E-state index in [2.05, 4.69) is 0 Å². The quantitative estimate of drug-likeness (QED) is 0.688. The molecule has 0 amide bonds. The molecule has 0 radical (unpaired) electrons. The minimum absolute atomic E-state index is 0.00157. The van der Waals surface area contributed by atoms with Gasteiger partial charge in [-0.15, -0.1) is 0 Å². The number of ether oxygens (including phenoxy) is 5. The van der Waals surface area contributed by atoms with Gasteiger partial charge in [-0.2, -0.15) is 0 Å². The van der Waals surface area contributed by atoms with Crippen LogP contribution >= 0.6 is 0 Å². The van der Waals surface area contributed by atoms with Gasteiger partial charge in [-0.1, -0.05) is 12.8 Å². The molecule has 5 aliphatic rings. The summed E-state index contributed by atoms with van der Waals surface area (Å²) in [6, 6.07) is 0. The highest BCUT2D eigenvalue weighted by Crippen LogP contribution is 2.49. The molecule has 5 fully saturated rings. The maximum atomic E-state index is 6.43. The molecule has 22 heavy (non-hydrogen) atoms. The van der Waals surface area contributed by atoms with Crippen molar-refractivity contribution in [3.8, 4) is 0 Å². The Morgan fingerprint density at radius 3 is 1.86 bits per heavy atom. The lowest BCUT2D eigenvalue weighted by Crippen LogP contribution is -2.50. The van der Waals surface area contributed by atoms with Gasteiger partial charge in [0, 0.05) is 25.7 Å². The lowest BCUT2D eigenvalue weighted by atomic mass is 9.94. The molecule has 0 N–H and O–H groups in total. The van der Waals surface area contributed by atoms with E-state index in [0.717, 1.165) is 25.7 Å². The maximum absolute atomic E-state index is 6.43. The van der Waals surface area contributed by atoms with E-state index < -0.39 is 5.79 Å². The van der Waals surface area contributed by atoms with E-state index >= 15 is 0 Å². The Labute approximate surface area is 131 Å². The third-order valence-electron chi connectivity index (χ3n) is 6.01. The largest absolute Gasteiger partial charge is 0.347 e. The van der Waals surface area contributed by atoms with Crippen molar-refractivity contribution in [2.45, 2.75) is 100 Å². The average Bonchev–Trinajstić information content (AvgIpc) is 3.07.